The largest absolute Gasteiger partial charge is 0.495 e. The summed E-state index contributed by atoms with van der Waals surface area (Å²) < 4.78 is 12.4. The average Bonchev–Trinajstić information content (AvgIpc) is 3.08. The van der Waals surface area contributed by atoms with Crippen molar-refractivity contribution in [1.29, 1.82) is 0 Å². The summed E-state index contributed by atoms with van der Waals surface area (Å²) in [7, 11) is 1.53. The number of nitrogens with zero attached hydrogens (tertiary/aromatic N) is 3. The molecule has 0 radical (unpaired) electrons. The van der Waals surface area contributed by atoms with Crippen LogP contribution in [0, 0.1) is 27.7 Å². The highest BCUT2D eigenvalue weighted by molar-refractivity contribution is 5.96. The van der Waals surface area contributed by atoms with Crippen molar-refractivity contribution >= 4 is 23.2 Å². The van der Waals surface area contributed by atoms with Gasteiger partial charge >= 0.3 is 5.97 Å². The fraction of sp³-hybridized carbons (Fsp3) is 0.391. The predicted octanol–water partition coefficient (Wildman–Crippen LogP) is 3.47. The van der Waals surface area contributed by atoms with E-state index in [1.54, 1.807) is 23.6 Å². The smallest absolute Gasteiger partial charge is 0.306 e. The molecule has 3 aromatic rings. The van der Waals surface area contributed by atoms with Crippen LogP contribution in [-0.4, -0.2) is 39.7 Å². The molecule has 1 atom stereocenters. The molecule has 0 fully saturated rings. The highest BCUT2D eigenvalue weighted by Crippen LogP contribution is 2.25. The highest BCUT2D eigenvalue weighted by Gasteiger charge is 2.20. The molecule has 0 spiro atoms. The standard InChI is InChI=1S/C23H28N4O4/c1-13-7-9-20(30-6)19(11-13)25-23(29)17(5)31-22(28)10-8-18-15(3)24-21-12-14(2)26-27(21)16(18)4/h7,9,11-12,17H,8,10H2,1-6H3,(H,25,29)/t17-/m1/s1. The van der Waals surface area contributed by atoms with Crippen LogP contribution < -0.4 is 10.1 Å². The number of fused-ring (bicyclic) bond motifs is 1. The van der Waals surface area contributed by atoms with Crippen LogP contribution in [0.2, 0.25) is 0 Å². The monoisotopic (exact) mass is 424 g/mol. The van der Waals surface area contributed by atoms with E-state index in [1.807, 2.05) is 39.8 Å². The van der Waals surface area contributed by atoms with Crippen LogP contribution in [0.5, 0.6) is 5.75 Å². The zero-order valence-electron chi connectivity index (χ0n) is 18.8. The molecule has 0 aliphatic carbocycles. The number of carbonyl (C=O) groups excluding carboxylic acids is 2. The Hall–Kier alpha value is -3.42. The summed E-state index contributed by atoms with van der Waals surface area (Å²) in [6, 6.07) is 7.38. The van der Waals surface area contributed by atoms with E-state index < -0.39 is 18.0 Å². The van der Waals surface area contributed by atoms with Crippen molar-refractivity contribution in [1.82, 2.24) is 14.6 Å². The van der Waals surface area contributed by atoms with Crippen LogP contribution in [0.1, 0.15) is 41.6 Å². The minimum Gasteiger partial charge on any atom is -0.495 e. The molecule has 1 aromatic carbocycles. The summed E-state index contributed by atoms with van der Waals surface area (Å²) in [6.45, 7) is 9.26. The summed E-state index contributed by atoms with van der Waals surface area (Å²) in [4.78, 5) is 29.4. The molecule has 0 unspecified atom stereocenters. The van der Waals surface area contributed by atoms with E-state index in [0.29, 0.717) is 17.9 Å². The van der Waals surface area contributed by atoms with Crippen molar-refractivity contribution in [3.63, 3.8) is 0 Å². The fourth-order valence-corrected chi connectivity index (χ4v) is 3.49. The molecule has 1 N–H and O–H groups in total. The molecule has 0 bridgehead atoms. The number of carbonyl (C=O) groups is 2. The van der Waals surface area contributed by atoms with Crippen LogP contribution >= 0.6 is 0 Å². The number of anilines is 1. The van der Waals surface area contributed by atoms with Gasteiger partial charge in [0.25, 0.3) is 5.91 Å². The van der Waals surface area contributed by atoms with Gasteiger partial charge in [-0.2, -0.15) is 5.10 Å². The van der Waals surface area contributed by atoms with Crippen LogP contribution in [0.25, 0.3) is 5.65 Å². The number of benzene rings is 1. The van der Waals surface area contributed by atoms with Crippen molar-refractivity contribution in [3.05, 3.63) is 52.5 Å². The number of esters is 1. The molecule has 3 rings (SSSR count). The van der Waals surface area contributed by atoms with Gasteiger partial charge in [-0.25, -0.2) is 9.50 Å². The average molecular weight is 425 g/mol. The predicted molar refractivity (Wildman–Crippen MR) is 117 cm³/mol. The summed E-state index contributed by atoms with van der Waals surface area (Å²) in [5.41, 5.74) is 5.94. The molecule has 8 nitrogen and oxygen atoms in total. The van der Waals surface area contributed by atoms with Gasteiger partial charge in [-0.1, -0.05) is 6.07 Å². The van der Waals surface area contributed by atoms with Crippen molar-refractivity contribution in [2.24, 2.45) is 0 Å². The van der Waals surface area contributed by atoms with E-state index in [4.69, 9.17) is 9.47 Å². The molecule has 1 amide bonds. The topological polar surface area (TPSA) is 94.8 Å². The van der Waals surface area contributed by atoms with Crippen LogP contribution in [0.15, 0.2) is 24.3 Å². The number of methoxy groups -OCH3 is 1. The molecule has 0 aliphatic heterocycles. The Morgan fingerprint density at radius 2 is 1.90 bits per heavy atom. The normalized spacial score (nSPS) is 11.9. The molecule has 0 aliphatic rings. The Labute approximate surface area is 181 Å². The number of amides is 1. The first-order chi connectivity index (χ1) is 14.7. The van der Waals surface area contributed by atoms with Gasteiger partial charge in [0.2, 0.25) is 0 Å². The molecule has 8 heteroatoms. The van der Waals surface area contributed by atoms with Gasteiger partial charge in [-0.15, -0.1) is 0 Å². The summed E-state index contributed by atoms with van der Waals surface area (Å²) in [5, 5.41) is 7.21. The third-order valence-corrected chi connectivity index (χ3v) is 5.16. The number of nitrogens with one attached hydrogen (secondary N) is 1. The summed E-state index contributed by atoms with van der Waals surface area (Å²) in [5.74, 6) is -0.325. The maximum absolute atomic E-state index is 12.5. The second-order valence-corrected chi connectivity index (χ2v) is 7.64. The molecular formula is C23H28N4O4. The lowest BCUT2D eigenvalue weighted by Gasteiger charge is -2.16. The van der Waals surface area contributed by atoms with Crippen molar-refractivity contribution in [2.75, 3.05) is 12.4 Å². The minimum absolute atomic E-state index is 0.139. The van der Waals surface area contributed by atoms with Gasteiger partial charge in [-0.3, -0.25) is 9.59 Å². The first-order valence-corrected chi connectivity index (χ1v) is 10.2. The molecule has 2 heterocycles. The third kappa shape index (κ3) is 5.02. The first kappa shape index (κ1) is 22.3. The Morgan fingerprint density at radius 3 is 2.61 bits per heavy atom. The van der Waals surface area contributed by atoms with Gasteiger partial charge in [0.1, 0.15) is 5.75 Å². The Morgan fingerprint density at radius 1 is 1.16 bits per heavy atom. The zero-order chi connectivity index (χ0) is 22.7. The van der Waals surface area contributed by atoms with E-state index in [1.165, 1.54) is 7.11 Å². The molecule has 0 saturated carbocycles. The number of ether oxygens (including phenoxy) is 2. The SMILES string of the molecule is COc1ccc(C)cc1NC(=O)[C@@H](C)OC(=O)CCc1c(C)nc2cc(C)nn2c1C. The molecule has 31 heavy (non-hydrogen) atoms. The zero-order valence-corrected chi connectivity index (χ0v) is 18.8. The second kappa shape index (κ2) is 9.16. The number of hydrogen-bond donors (Lipinski definition) is 1. The van der Waals surface area contributed by atoms with Gasteiger partial charge in [-0.05, 0) is 64.3 Å². The quantitative estimate of drug-likeness (QED) is 0.584. The van der Waals surface area contributed by atoms with Gasteiger partial charge in [0, 0.05) is 23.9 Å². The molecule has 0 saturated heterocycles. The Bertz CT molecular complexity index is 1140. The number of hydrogen-bond acceptors (Lipinski definition) is 6. The van der Waals surface area contributed by atoms with Gasteiger partial charge in [0.15, 0.2) is 11.8 Å². The van der Waals surface area contributed by atoms with Gasteiger partial charge < -0.3 is 14.8 Å². The lowest BCUT2D eigenvalue weighted by atomic mass is 10.1. The Balaban J connectivity index is 1.61. The van der Waals surface area contributed by atoms with Crippen molar-refractivity contribution < 1.29 is 19.1 Å². The van der Waals surface area contributed by atoms with E-state index in [2.05, 4.69) is 15.4 Å². The number of aryl methyl sites for hydroxylation is 4. The molecule has 164 valence electrons. The summed E-state index contributed by atoms with van der Waals surface area (Å²) >= 11 is 0. The lowest BCUT2D eigenvalue weighted by Crippen LogP contribution is -2.30. The molecule has 2 aromatic heterocycles. The van der Waals surface area contributed by atoms with Crippen LogP contribution in [0.3, 0.4) is 0 Å². The maximum Gasteiger partial charge on any atom is 0.306 e. The molecular weight excluding hydrogens is 396 g/mol. The minimum atomic E-state index is -0.936. The first-order valence-electron chi connectivity index (χ1n) is 10.2. The van der Waals surface area contributed by atoms with Crippen LogP contribution in [0.4, 0.5) is 5.69 Å². The van der Waals surface area contributed by atoms with E-state index in [9.17, 15) is 9.59 Å². The number of aromatic nitrogens is 3. The van der Waals surface area contributed by atoms with Crippen molar-refractivity contribution in [3.8, 4) is 5.75 Å². The Kier molecular flexibility index (Phi) is 6.58. The van der Waals surface area contributed by atoms with Crippen molar-refractivity contribution in [2.45, 2.75) is 53.6 Å². The maximum atomic E-state index is 12.5. The number of rotatable bonds is 7. The lowest BCUT2D eigenvalue weighted by molar-refractivity contribution is -0.153. The van der Waals surface area contributed by atoms with E-state index in [-0.39, 0.29) is 6.42 Å². The highest BCUT2D eigenvalue weighted by atomic mass is 16.5. The summed E-state index contributed by atoms with van der Waals surface area (Å²) in [6.07, 6.45) is -0.340. The van der Waals surface area contributed by atoms with E-state index in [0.717, 1.165) is 33.9 Å². The van der Waals surface area contributed by atoms with Crippen LogP contribution in [-0.2, 0) is 20.7 Å². The van der Waals surface area contributed by atoms with Gasteiger partial charge in [0.05, 0.1) is 18.5 Å². The van der Waals surface area contributed by atoms with E-state index >= 15 is 0 Å². The third-order valence-electron chi connectivity index (χ3n) is 5.16. The second-order valence-electron chi connectivity index (χ2n) is 7.64. The fourth-order valence-electron chi connectivity index (χ4n) is 3.49.